The van der Waals surface area contributed by atoms with Crippen LogP contribution < -0.4 is 0 Å². The molecule has 80 valence electrons. The Labute approximate surface area is 91.5 Å². The molecule has 0 saturated heterocycles. The van der Waals surface area contributed by atoms with Gasteiger partial charge in [-0.2, -0.15) is 0 Å². The van der Waals surface area contributed by atoms with E-state index < -0.39 is 0 Å². The molecule has 0 radical (unpaired) electrons. The molecule has 15 heavy (non-hydrogen) atoms. The average molecular weight is 202 g/mol. The molecule has 0 atom stereocenters. The molecule has 0 heterocycles. The van der Waals surface area contributed by atoms with E-state index in [0.717, 1.165) is 24.8 Å². The number of carbonyl (C=O) groups excluding carboxylic acids is 1. The summed E-state index contributed by atoms with van der Waals surface area (Å²) in [5.74, 6) is 1.02. The molecule has 0 unspecified atom stereocenters. The van der Waals surface area contributed by atoms with Crippen LogP contribution >= 0.6 is 0 Å². The third-order valence-corrected chi connectivity index (χ3v) is 2.96. The van der Waals surface area contributed by atoms with E-state index in [-0.39, 0.29) is 0 Å². The van der Waals surface area contributed by atoms with Crippen LogP contribution in [0.1, 0.15) is 48.5 Å². The maximum Gasteiger partial charge on any atom is 0.163 e. The van der Waals surface area contributed by atoms with Gasteiger partial charge in [-0.1, -0.05) is 31.5 Å². The molecular formula is C14H18O. The molecule has 1 saturated carbocycles. The van der Waals surface area contributed by atoms with Crippen LogP contribution in [0.3, 0.4) is 0 Å². The Morgan fingerprint density at radius 1 is 1.40 bits per heavy atom. The van der Waals surface area contributed by atoms with E-state index in [0.29, 0.717) is 11.7 Å². The van der Waals surface area contributed by atoms with E-state index in [9.17, 15) is 4.79 Å². The summed E-state index contributed by atoms with van der Waals surface area (Å²) in [6, 6.07) is 8.13. The fraction of sp³-hybridized carbons (Fsp3) is 0.500. The normalized spacial score (nSPS) is 15.3. The summed E-state index contributed by atoms with van der Waals surface area (Å²) >= 11 is 0. The predicted octanol–water partition coefficient (Wildman–Crippen LogP) is 3.62. The van der Waals surface area contributed by atoms with E-state index in [2.05, 4.69) is 19.1 Å². The molecule has 2 rings (SSSR count). The minimum Gasteiger partial charge on any atom is -0.294 e. The zero-order valence-electron chi connectivity index (χ0n) is 9.33. The van der Waals surface area contributed by atoms with Crippen molar-refractivity contribution in [3.63, 3.8) is 0 Å². The van der Waals surface area contributed by atoms with Gasteiger partial charge in [0.1, 0.15) is 0 Å². The summed E-state index contributed by atoms with van der Waals surface area (Å²) < 4.78 is 0. The van der Waals surface area contributed by atoms with Crippen molar-refractivity contribution >= 4 is 5.78 Å². The molecule has 0 spiro atoms. The summed E-state index contributed by atoms with van der Waals surface area (Å²) in [6.07, 6.45) is 5.47. The first-order valence-corrected chi connectivity index (χ1v) is 5.91. The largest absolute Gasteiger partial charge is 0.294 e. The van der Waals surface area contributed by atoms with Gasteiger partial charge in [0.2, 0.25) is 0 Å². The topological polar surface area (TPSA) is 17.1 Å². The van der Waals surface area contributed by atoms with Crippen molar-refractivity contribution in [2.45, 2.75) is 39.0 Å². The standard InChI is InChI=1S/C14H18O/c1-2-4-11-5-3-6-13(9-11)14(15)10-12-7-8-12/h3,5-6,9,12H,2,4,7-8,10H2,1H3. The fourth-order valence-corrected chi connectivity index (χ4v) is 1.89. The highest BCUT2D eigenvalue weighted by Crippen LogP contribution is 2.33. The Hall–Kier alpha value is -1.11. The highest BCUT2D eigenvalue weighted by Gasteiger charge is 2.24. The van der Waals surface area contributed by atoms with Crippen LogP contribution in [0, 0.1) is 5.92 Å². The Morgan fingerprint density at radius 2 is 2.20 bits per heavy atom. The summed E-state index contributed by atoms with van der Waals surface area (Å²) in [5.41, 5.74) is 2.20. The Balaban J connectivity index is 2.05. The first-order chi connectivity index (χ1) is 7.29. The first-order valence-electron chi connectivity index (χ1n) is 5.91. The van der Waals surface area contributed by atoms with Gasteiger partial charge < -0.3 is 0 Å². The van der Waals surface area contributed by atoms with Crippen molar-refractivity contribution < 1.29 is 4.79 Å². The zero-order chi connectivity index (χ0) is 10.7. The van der Waals surface area contributed by atoms with E-state index in [1.807, 2.05) is 12.1 Å². The number of aryl methyl sites for hydroxylation is 1. The lowest BCUT2D eigenvalue weighted by molar-refractivity contribution is 0.0976. The molecule has 1 aliphatic rings. The number of carbonyl (C=O) groups is 1. The monoisotopic (exact) mass is 202 g/mol. The third-order valence-electron chi connectivity index (χ3n) is 2.96. The molecule has 1 aliphatic carbocycles. The van der Waals surface area contributed by atoms with Crippen molar-refractivity contribution in [1.29, 1.82) is 0 Å². The lowest BCUT2D eigenvalue weighted by atomic mass is 10.0. The highest BCUT2D eigenvalue weighted by atomic mass is 16.1. The van der Waals surface area contributed by atoms with Gasteiger partial charge in [0, 0.05) is 12.0 Å². The summed E-state index contributed by atoms with van der Waals surface area (Å²) in [7, 11) is 0. The number of Topliss-reactive ketones (excluding diaryl/α,β-unsaturated/α-hetero) is 1. The van der Waals surface area contributed by atoms with Crippen LogP contribution in [0.5, 0.6) is 0 Å². The number of benzene rings is 1. The minimum atomic E-state index is 0.329. The maximum absolute atomic E-state index is 11.9. The Bertz CT molecular complexity index is 350. The van der Waals surface area contributed by atoms with Crippen LogP contribution in [0.4, 0.5) is 0 Å². The lowest BCUT2D eigenvalue weighted by Crippen LogP contribution is -2.00. The number of hydrogen-bond acceptors (Lipinski definition) is 1. The number of hydrogen-bond donors (Lipinski definition) is 0. The SMILES string of the molecule is CCCc1cccc(C(=O)CC2CC2)c1. The molecule has 1 heteroatoms. The summed E-state index contributed by atoms with van der Waals surface area (Å²) in [6.45, 7) is 2.17. The zero-order valence-corrected chi connectivity index (χ0v) is 9.33. The van der Waals surface area contributed by atoms with Gasteiger partial charge in [-0.05, 0) is 36.8 Å². The molecule has 1 fully saturated rings. The second-order valence-electron chi connectivity index (χ2n) is 4.52. The van der Waals surface area contributed by atoms with E-state index in [1.165, 1.54) is 18.4 Å². The van der Waals surface area contributed by atoms with E-state index in [1.54, 1.807) is 0 Å². The third kappa shape index (κ3) is 2.92. The fourth-order valence-electron chi connectivity index (χ4n) is 1.89. The molecule has 1 aromatic carbocycles. The van der Waals surface area contributed by atoms with Crippen molar-refractivity contribution in [3.8, 4) is 0 Å². The minimum absolute atomic E-state index is 0.329. The van der Waals surface area contributed by atoms with Gasteiger partial charge in [-0.25, -0.2) is 0 Å². The summed E-state index contributed by atoms with van der Waals surface area (Å²) in [4.78, 5) is 11.9. The van der Waals surface area contributed by atoms with Crippen molar-refractivity contribution in [2.24, 2.45) is 5.92 Å². The average Bonchev–Trinajstić information content (AvgIpc) is 3.03. The molecule has 0 bridgehead atoms. The second-order valence-corrected chi connectivity index (χ2v) is 4.52. The first kappa shape index (κ1) is 10.4. The molecule has 0 aromatic heterocycles. The summed E-state index contributed by atoms with van der Waals surface area (Å²) in [5, 5.41) is 0. The molecule has 0 aliphatic heterocycles. The van der Waals surface area contributed by atoms with Crippen LogP contribution in [0.25, 0.3) is 0 Å². The van der Waals surface area contributed by atoms with Gasteiger partial charge in [-0.15, -0.1) is 0 Å². The predicted molar refractivity (Wildman–Crippen MR) is 62.1 cm³/mol. The van der Waals surface area contributed by atoms with E-state index in [4.69, 9.17) is 0 Å². The van der Waals surface area contributed by atoms with Crippen molar-refractivity contribution in [1.82, 2.24) is 0 Å². The molecule has 1 aromatic rings. The van der Waals surface area contributed by atoms with E-state index >= 15 is 0 Å². The maximum atomic E-state index is 11.9. The molecular weight excluding hydrogens is 184 g/mol. The van der Waals surface area contributed by atoms with Crippen LogP contribution in [-0.4, -0.2) is 5.78 Å². The van der Waals surface area contributed by atoms with Crippen LogP contribution in [-0.2, 0) is 6.42 Å². The highest BCUT2D eigenvalue weighted by molar-refractivity contribution is 5.96. The van der Waals surface area contributed by atoms with Crippen LogP contribution in [0.15, 0.2) is 24.3 Å². The van der Waals surface area contributed by atoms with Crippen LogP contribution in [0.2, 0.25) is 0 Å². The van der Waals surface area contributed by atoms with Gasteiger partial charge in [0.25, 0.3) is 0 Å². The Morgan fingerprint density at radius 3 is 2.87 bits per heavy atom. The quantitative estimate of drug-likeness (QED) is 0.666. The molecule has 0 amide bonds. The van der Waals surface area contributed by atoms with Crippen molar-refractivity contribution in [3.05, 3.63) is 35.4 Å². The van der Waals surface area contributed by atoms with Gasteiger partial charge >= 0.3 is 0 Å². The Kier molecular flexibility index (Phi) is 3.20. The molecule has 1 nitrogen and oxygen atoms in total. The smallest absolute Gasteiger partial charge is 0.163 e. The lowest BCUT2D eigenvalue weighted by Gasteiger charge is -2.03. The number of rotatable bonds is 5. The van der Waals surface area contributed by atoms with Gasteiger partial charge in [0.15, 0.2) is 5.78 Å². The van der Waals surface area contributed by atoms with Gasteiger partial charge in [0.05, 0.1) is 0 Å². The van der Waals surface area contributed by atoms with Gasteiger partial charge in [-0.3, -0.25) is 4.79 Å². The molecule has 0 N–H and O–H groups in total. The number of ketones is 1. The van der Waals surface area contributed by atoms with Crippen molar-refractivity contribution in [2.75, 3.05) is 0 Å². The second kappa shape index (κ2) is 4.61.